The van der Waals surface area contributed by atoms with Crippen LogP contribution in [0.4, 0.5) is 8.78 Å². The van der Waals surface area contributed by atoms with Gasteiger partial charge in [0.2, 0.25) is 29.5 Å². The minimum Gasteiger partial charge on any atom is -0.370 e. The lowest BCUT2D eigenvalue weighted by Crippen LogP contribution is -2.58. The van der Waals surface area contributed by atoms with Crippen LogP contribution < -0.4 is 16.0 Å². The molecule has 5 heterocycles. The Bertz CT molecular complexity index is 2950. The molecular weight excluding hydrogens is 986 g/mol. The molecule has 3 aromatic carbocycles. The molecule has 0 aliphatic carbocycles. The first-order valence-corrected chi connectivity index (χ1v) is 26.6. The third kappa shape index (κ3) is 11.7. The van der Waals surface area contributed by atoms with Crippen LogP contribution in [0.1, 0.15) is 121 Å². The number of ether oxygens (including phenoxy) is 1. The first kappa shape index (κ1) is 52.9. The van der Waals surface area contributed by atoms with Gasteiger partial charge in [-0.1, -0.05) is 81.5 Å². The highest BCUT2D eigenvalue weighted by atomic mass is 32.1. The minimum absolute atomic E-state index is 0.0228. The van der Waals surface area contributed by atoms with Gasteiger partial charge in [0.05, 0.1) is 18.0 Å². The van der Waals surface area contributed by atoms with E-state index in [4.69, 9.17) is 4.74 Å². The van der Waals surface area contributed by atoms with Crippen LogP contribution in [0.2, 0.25) is 0 Å². The summed E-state index contributed by atoms with van der Waals surface area (Å²) in [4.78, 5) is 117. The van der Waals surface area contributed by atoms with Crippen molar-refractivity contribution in [3.63, 3.8) is 0 Å². The van der Waals surface area contributed by atoms with Crippen LogP contribution in [-0.4, -0.2) is 116 Å². The zero-order valence-corrected chi connectivity index (χ0v) is 42.2. The van der Waals surface area contributed by atoms with E-state index >= 15 is 0 Å². The van der Waals surface area contributed by atoms with Crippen LogP contribution in [0.5, 0.6) is 0 Å². The molecule has 8 rings (SSSR count). The highest BCUT2D eigenvalue weighted by Crippen LogP contribution is 2.59. The number of nitrogens with one attached hydrogen (secondary N) is 3. The fraction of sp³-hybridized carbons (Fsp3) is 0.442. The molecule has 0 saturated carbocycles. The zero-order valence-electron chi connectivity index (χ0n) is 40.5. The monoisotopic (exact) mass is 1040 g/mol. The third-order valence-corrected chi connectivity index (χ3v) is 15.7. The third-order valence-electron chi connectivity index (χ3n) is 13.6. The molecule has 5 N–H and O–H groups in total. The van der Waals surface area contributed by atoms with Gasteiger partial charge >= 0.3 is 13.3 Å². The average molecular weight is 1040 g/mol. The number of likely N-dealkylation sites (tertiary alicyclic amines) is 1. The Morgan fingerprint density at radius 3 is 2.47 bits per heavy atom. The Hall–Kier alpha value is -6.36. The molecule has 0 bridgehead atoms. The molecule has 4 aliphatic rings. The predicted molar refractivity (Wildman–Crippen MR) is 265 cm³/mol. The van der Waals surface area contributed by atoms with Crippen molar-refractivity contribution in [1.82, 2.24) is 30.7 Å². The van der Waals surface area contributed by atoms with Gasteiger partial charge in [0.1, 0.15) is 24.2 Å². The first-order valence-electron chi connectivity index (χ1n) is 24.2. The van der Waals surface area contributed by atoms with E-state index in [0.29, 0.717) is 41.5 Å². The molecule has 0 radical (unpaired) electrons. The number of hydrogen-bond acceptors (Lipinski definition) is 10. The van der Waals surface area contributed by atoms with Crippen LogP contribution in [0.3, 0.4) is 0 Å². The Morgan fingerprint density at radius 2 is 1.74 bits per heavy atom. The number of fused-ring (bicyclic) bond motifs is 2. The van der Waals surface area contributed by atoms with Crippen LogP contribution in [-0.2, 0) is 45.5 Å². The number of amides is 7. The molecule has 0 spiro atoms. The Balaban J connectivity index is 0.907. The van der Waals surface area contributed by atoms with Crippen molar-refractivity contribution in [2.24, 2.45) is 5.41 Å². The second kappa shape index (κ2) is 21.6. The van der Waals surface area contributed by atoms with Crippen molar-refractivity contribution in [2.45, 2.75) is 115 Å². The number of benzene rings is 3. The van der Waals surface area contributed by atoms with Crippen molar-refractivity contribution < 1.29 is 61.4 Å². The lowest BCUT2D eigenvalue weighted by Gasteiger charge is -2.38. The molecule has 17 nitrogen and oxygen atoms in total. The molecule has 5 atom stereocenters. The fourth-order valence-electron chi connectivity index (χ4n) is 9.71. The van der Waals surface area contributed by atoms with Gasteiger partial charge in [0.15, 0.2) is 0 Å². The number of carbonyl (C=O) groups excluding carboxylic acids is 7. The van der Waals surface area contributed by atoms with Crippen molar-refractivity contribution in [3.8, 4) is 11.8 Å². The van der Waals surface area contributed by atoms with E-state index in [0.717, 1.165) is 34.6 Å². The molecule has 21 heteroatoms. The smallest absolute Gasteiger partial charge is 0.370 e. The summed E-state index contributed by atoms with van der Waals surface area (Å²) in [5.41, 5.74) is -3.50. The Labute approximate surface area is 424 Å². The number of nitrogens with zero attached hydrogens (tertiary/aromatic N) is 3. The number of carbonyl (C=O) groups is 7. The summed E-state index contributed by atoms with van der Waals surface area (Å²) in [6.45, 7) is 6.19. The van der Waals surface area contributed by atoms with Crippen LogP contribution in [0, 0.1) is 17.3 Å². The molecular formula is C52H57F2N6O11PS. The van der Waals surface area contributed by atoms with Gasteiger partial charge in [-0.25, -0.2) is 0 Å². The molecule has 386 valence electrons. The van der Waals surface area contributed by atoms with E-state index in [-0.39, 0.29) is 92.4 Å². The SMILES string of the molecule is CC(C)(C)[C@H](NC(=O)c1cc2cc(C(F)(F)P(=O)(O)O)ccc2s1)C(=O)N1C[C@@H](NC(=O)CCCCCC#Cc2cccc3c2CN(C2CCC(=O)NC2=O)C3=O)C[C@H]1C(=O)N1CCO[C@H](c2ccccc2)C1. The van der Waals surface area contributed by atoms with E-state index < -0.39 is 72.2 Å². The maximum atomic E-state index is 14.9. The van der Waals surface area contributed by atoms with Crippen molar-refractivity contribution in [1.29, 1.82) is 0 Å². The number of unbranched alkanes of at least 4 members (excludes halogenated alkanes) is 3. The molecule has 4 aliphatic heterocycles. The van der Waals surface area contributed by atoms with Gasteiger partial charge < -0.3 is 39.9 Å². The Kier molecular flexibility index (Phi) is 15.7. The quantitative estimate of drug-likeness (QED) is 0.0444. The van der Waals surface area contributed by atoms with Crippen molar-refractivity contribution in [3.05, 3.63) is 105 Å². The van der Waals surface area contributed by atoms with Crippen LogP contribution >= 0.6 is 18.9 Å². The molecule has 7 amide bonds. The summed E-state index contributed by atoms with van der Waals surface area (Å²) in [7, 11) is -5.85. The number of morpholine rings is 1. The second-order valence-electron chi connectivity index (χ2n) is 19.9. The minimum atomic E-state index is -5.85. The van der Waals surface area contributed by atoms with Gasteiger partial charge in [-0.3, -0.25) is 43.4 Å². The van der Waals surface area contributed by atoms with Crippen LogP contribution in [0.15, 0.2) is 72.8 Å². The van der Waals surface area contributed by atoms with E-state index in [2.05, 4.69) is 27.8 Å². The standard InChI is InChI=1S/C52H57F2N6O11PS/c1-51(2,3)45(57-47(64)42-26-33-25-34(19-21-41(33)73-42)52(53,54)72(68,69)70)50(67)59-28-35(27-39(59)49(66)58-23-24-71-40(30-58)32-14-9-7-10-15-32)55-43(61)18-11-6-4-5-8-13-31-16-12-17-36-37(31)29-60(48(36)65)38-20-22-44(62)56-46(38)63/h7,9-10,12,14-17,19,21,25-26,35,38-40,45H,4-6,11,18,20,22-24,27-30H2,1-3H3,(H,55,61)(H,57,64)(H,56,62,63)(H2,68,69,70)/t35-,38?,39-,40-,45+/m0/s1. The predicted octanol–water partition coefficient (Wildman–Crippen LogP) is 5.72. The number of imide groups is 1. The van der Waals surface area contributed by atoms with E-state index in [1.807, 2.05) is 36.4 Å². The van der Waals surface area contributed by atoms with Crippen molar-refractivity contribution in [2.75, 3.05) is 26.2 Å². The fourth-order valence-corrected chi connectivity index (χ4v) is 11.1. The maximum Gasteiger partial charge on any atom is 0.399 e. The van der Waals surface area contributed by atoms with Gasteiger partial charge in [-0.15, -0.1) is 11.3 Å². The van der Waals surface area contributed by atoms with Gasteiger partial charge in [-0.05, 0) is 77.9 Å². The summed E-state index contributed by atoms with van der Waals surface area (Å²) >= 11 is 0.945. The molecule has 73 heavy (non-hydrogen) atoms. The number of rotatable bonds is 14. The van der Waals surface area contributed by atoms with Gasteiger partial charge in [0, 0.05) is 66.3 Å². The zero-order chi connectivity index (χ0) is 52.4. The van der Waals surface area contributed by atoms with E-state index in [1.54, 1.807) is 37.8 Å². The molecule has 3 fully saturated rings. The number of thiophene rings is 1. The number of hydrogen-bond donors (Lipinski definition) is 5. The van der Waals surface area contributed by atoms with E-state index in [1.165, 1.54) is 21.9 Å². The van der Waals surface area contributed by atoms with Gasteiger partial charge in [0.25, 0.3) is 11.8 Å². The average Bonchev–Trinajstić information content (AvgIpc) is 4.07. The second-order valence-corrected chi connectivity index (χ2v) is 22.6. The summed E-state index contributed by atoms with van der Waals surface area (Å²) in [5, 5.41) is 8.31. The molecule has 4 aromatic rings. The Morgan fingerprint density at radius 1 is 0.973 bits per heavy atom. The summed E-state index contributed by atoms with van der Waals surface area (Å²) in [5.74, 6) is 3.37. The van der Waals surface area contributed by atoms with Crippen molar-refractivity contribution >= 4 is 70.4 Å². The first-order chi connectivity index (χ1) is 34.6. The lowest BCUT2D eigenvalue weighted by atomic mass is 9.85. The normalized spacial score (nSPS) is 20.8. The largest absolute Gasteiger partial charge is 0.399 e. The number of alkyl halides is 2. The number of piperidine rings is 1. The topological polar surface area (TPSA) is 232 Å². The summed E-state index contributed by atoms with van der Waals surface area (Å²) < 4.78 is 47.1. The lowest BCUT2D eigenvalue weighted by molar-refractivity contribution is -0.150. The van der Waals surface area contributed by atoms with E-state index in [9.17, 15) is 56.7 Å². The molecule has 3 saturated heterocycles. The highest BCUT2D eigenvalue weighted by Gasteiger charge is 2.51. The maximum absolute atomic E-state index is 14.9. The molecule has 1 unspecified atom stereocenters. The highest BCUT2D eigenvalue weighted by molar-refractivity contribution is 7.52. The number of halogens is 2. The van der Waals surface area contributed by atoms with Crippen LogP contribution in [0.25, 0.3) is 10.1 Å². The van der Waals surface area contributed by atoms with Gasteiger partial charge in [-0.2, -0.15) is 8.78 Å². The summed E-state index contributed by atoms with van der Waals surface area (Å²) in [6.07, 6.45) is 2.75. The summed E-state index contributed by atoms with van der Waals surface area (Å²) in [6, 6.07) is 15.6. The molecule has 1 aromatic heterocycles.